The van der Waals surface area contributed by atoms with Gasteiger partial charge in [-0.3, -0.25) is 4.79 Å². The van der Waals surface area contributed by atoms with Gasteiger partial charge >= 0.3 is 0 Å². The summed E-state index contributed by atoms with van der Waals surface area (Å²) in [5.41, 5.74) is 2.27. The van der Waals surface area contributed by atoms with Gasteiger partial charge in [0.25, 0.3) is 0 Å². The van der Waals surface area contributed by atoms with Gasteiger partial charge in [0.15, 0.2) is 5.78 Å². The van der Waals surface area contributed by atoms with E-state index in [1.807, 2.05) is 24.3 Å². The summed E-state index contributed by atoms with van der Waals surface area (Å²) in [4.78, 5) is 14.6. The SMILES string of the molecule is CC(=O)c1c(CC#N)[nH]c2ccccc12. The van der Waals surface area contributed by atoms with Gasteiger partial charge in [-0.05, 0) is 13.0 Å². The Labute approximate surface area is 87.3 Å². The number of para-hydroxylation sites is 1. The molecule has 2 aromatic rings. The lowest BCUT2D eigenvalue weighted by Crippen LogP contribution is -1.96. The average Bonchev–Trinajstić information content (AvgIpc) is 2.56. The standard InChI is InChI=1S/C12H10N2O/c1-8(15)12-9-4-2-3-5-10(9)14-11(12)6-7-13/h2-5,14H,6H2,1H3. The van der Waals surface area contributed by atoms with Crippen LogP contribution < -0.4 is 0 Å². The maximum Gasteiger partial charge on any atom is 0.162 e. The Balaban J connectivity index is 2.75. The highest BCUT2D eigenvalue weighted by atomic mass is 16.1. The van der Waals surface area contributed by atoms with E-state index in [4.69, 9.17) is 5.26 Å². The molecule has 74 valence electrons. The summed E-state index contributed by atoms with van der Waals surface area (Å²) < 4.78 is 0. The van der Waals surface area contributed by atoms with Crippen LogP contribution in [0.1, 0.15) is 23.0 Å². The molecule has 0 aliphatic heterocycles. The lowest BCUT2D eigenvalue weighted by Gasteiger charge is -1.94. The quantitative estimate of drug-likeness (QED) is 0.753. The Morgan fingerprint density at radius 2 is 2.20 bits per heavy atom. The predicted octanol–water partition coefficient (Wildman–Crippen LogP) is 2.44. The number of nitriles is 1. The molecule has 0 saturated heterocycles. The molecule has 3 heteroatoms. The highest BCUT2D eigenvalue weighted by Gasteiger charge is 2.13. The van der Waals surface area contributed by atoms with Gasteiger partial charge in [-0.15, -0.1) is 0 Å². The summed E-state index contributed by atoms with van der Waals surface area (Å²) in [6, 6.07) is 9.64. The molecule has 1 aromatic heterocycles. The van der Waals surface area contributed by atoms with Crippen LogP contribution >= 0.6 is 0 Å². The van der Waals surface area contributed by atoms with Crippen LogP contribution in [0.2, 0.25) is 0 Å². The summed E-state index contributed by atoms with van der Waals surface area (Å²) in [7, 11) is 0. The summed E-state index contributed by atoms with van der Waals surface area (Å²) >= 11 is 0. The van der Waals surface area contributed by atoms with Crippen LogP contribution in [0.3, 0.4) is 0 Å². The van der Waals surface area contributed by atoms with Crippen molar-refractivity contribution in [2.75, 3.05) is 0 Å². The van der Waals surface area contributed by atoms with Crippen LogP contribution in [-0.2, 0) is 6.42 Å². The van der Waals surface area contributed by atoms with Crippen molar-refractivity contribution in [1.82, 2.24) is 4.98 Å². The smallest absolute Gasteiger partial charge is 0.162 e. The second kappa shape index (κ2) is 3.58. The third kappa shape index (κ3) is 1.50. The van der Waals surface area contributed by atoms with Gasteiger partial charge in [-0.25, -0.2) is 0 Å². The van der Waals surface area contributed by atoms with E-state index >= 15 is 0 Å². The topological polar surface area (TPSA) is 56.6 Å². The average molecular weight is 198 g/mol. The molecule has 0 aliphatic rings. The molecule has 0 aliphatic carbocycles. The zero-order valence-corrected chi connectivity index (χ0v) is 8.37. The van der Waals surface area contributed by atoms with E-state index in [1.54, 1.807) is 0 Å². The highest BCUT2D eigenvalue weighted by molar-refractivity contribution is 6.08. The largest absolute Gasteiger partial charge is 0.357 e. The summed E-state index contributed by atoms with van der Waals surface area (Å²) in [6.07, 6.45) is 0.240. The molecular formula is C12H10N2O. The van der Waals surface area contributed by atoms with Crippen LogP contribution in [0, 0.1) is 11.3 Å². The third-order valence-electron chi connectivity index (χ3n) is 2.39. The Morgan fingerprint density at radius 3 is 2.87 bits per heavy atom. The number of hydrogen-bond acceptors (Lipinski definition) is 2. The number of benzene rings is 1. The van der Waals surface area contributed by atoms with Gasteiger partial charge in [0, 0.05) is 22.2 Å². The Morgan fingerprint density at radius 1 is 1.47 bits per heavy atom. The summed E-state index contributed by atoms with van der Waals surface area (Å²) in [6.45, 7) is 1.52. The van der Waals surface area contributed by atoms with E-state index in [-0.39, 0.29) is 12.2 Å². The molecule has 1 aromatic carbocycles. The second-order valence-electron chi connectivity index (χ2n) is 3.42. The van der Waals surface area contributed by atoms with Gasteiger partial charge in [0.05, 0.1) is 12.5 Å². The van der Waals surface area contributed by atoms with E-state index in [2.05, 4.69) is 11.1 Å². The Kier molecular flexibility index (Phi) is 2.26. The van der Waals surface area contributed by atoms with E-state index in [9.17, 15) is 4.79 Å². The van der Waals surface area contributed by atoms with Crippen molar-refractivity contribution >= 4 is 16.7 Å². The van der Waals surface area contributed by atoms with Crippen molar-refractivity contribution < 1.29 is 4.79 Å². The molecule has 3 nitrogen and oxygen atoms in total. The number of hydrogen-bond donors (Lipinski definition) is 1. The fraction of sp³-hybridized carbons (Fsp3) is 0.167. The minimum atomic E-state index is -0.00213. The first-order valence-electron chi connectivity index (χ1n) is 4.71. The number of ketones is 1. The third-order valence-corrected chi connectivity index (χ3v) is 2.39. The monoisotopic (exact) mass is 198 g/mol. The molecule has 0 spiro atoms. The summed E-state index contributed by atoms with van der Waals surface area (Å²) in [5.74, 6) is -0.00213. The summed E-state index contributed by atoms with van der Waals surface area (Å²) in [5, 5.41) is 9.57. The number of Topliss-reactive ketones (excluding diaryl/α,β-unsaturated/α-hetero) is 1. The molecule has 1 N–H and O–H groups in total. The minimum absolute atomic E-state index is 0.00213. The molecule has 0 bridgehead atoms. The van der Waals surface area contributed by atoms with Crippen LogP contribution in [0.5, 0.6) is 0 Å². The lowest BCUT2D eigenvalue weighted by atomic mass is 10.1. The van der Waals surface area contributed by atoms with Gasteiger partial charge in [-0.2, -0.15) is 5.26 Å². The van der Waals surface area contributed by atoms with Crippen molar-refractivity contribution in [1.29, 1.82) is 5.26 Å². The number of carbonyl (C=O) groups is 1. The van der Waals surface area contributed by atoms with Crippen molar-refractivity contribution in [3.8, 4) is 6.07 Å². The van der Waals surface area contributed by atoms with Crippen LogP contribution in [0.25, 0.3) is 10.9 Å². The number of nitrogens with zero attached hydrogens (tertiary/aromatic N) is 1. The molecule has 2 rings (SSSR count). The predicted molar refractivity (Wildman–Crippen MR) is 57.6 cm³/mol. The van der Waals surface area contributed by atoms with Gasteiger partial charge in [0.2, 0.25) is 0 Å². The number of carbonyl (C=O) groups excluding carboxylic acids is 1. The van der Waals surface area contributed by atoms with Crippen LogP contribution in [0.4, 0.5) is 0 Å². The molecule has 0 unspecified atom stereocenters. The first-order chi connectivity index (χ1) is 7.24. The maximum atomic E-state index is 11.5. The fourth-order valence-electron chi connectivity index (χ4n) is 1.81. The molecule has 0 atom stereocenters. The Hall–Kier alpha value is -2.08. The van der Waals surface area contributed by atoms with Gasteiger partial charge in [-0.1, -0.05) is 18.2 Å². The number of aromatic amines is 1. The number of nitrogens with one attached hydrogen (secondary N) is 1. The Bertz CT molecular complexity index is 560. The number of fused-ring (bicyclic) bond motifs is 1. The lowest BCUT2D eigenvalue weighted by molar-refractivity contribution is 0.101. The van der Waals surface area contributed by atoms with Crippen LogP contribution in [0.15, 0.2) is 24.3 Å². The first kappa shape index (κ1) is 9.47. The molecule has 0 amide bonds. The second-order valence-corrected chi connectivity index (χ2v) is 3.42. The van der Waals surface area contributed by atoms with Crippen molar-refractivity contribution in [3.05, 3.63) is 35.5 Å². The number of H-pyrrole nitrogens is 1. The molecule has 0 fully saturated rings. The zero-order valence-electron chi connectivity index (χ0n) is 8.37. The minimum Gasteiger partial charge on any atom is -0.357 e. The van der Waals surface area contributed by atoms with E-state index < -0.39 is 0 Å². The molecular weight excluding hydrogens is 188 g/mol. The zero-order chi connectivity index (χ0) is 10.8. The molecule has 15 heavy (non-hydrogen) atoms. The maximum absolute atomic E-state index is 11.5. The van der Waals surface area contributed by atoms with Crippen LogP contribution in [-0.4, -0.2) is 10.8 Å². The van der Waals surface area contributed by atoms with E-state index in [1.165, 1.54) is 6.92 Å². The molecule has 0 radical (unpaired) electrons. The van der Waals surface area contributed by atoms with Crippen molar-refractivity contribution in [3.63, 3.8) is 0 Å². The van der Waals surface area contributed by atoms with E-state index in [0.29, 0.717) is 11.3 Å². The fourth-order valence-corrected chi connectivity index (χ4v) is 1.81. The molecule has 1 heterocycles. The number of rotatable bonds is 2. The van der Waals surface area contributed by atoms with Crippen molar-refractivity contribution in [2.24, 2.45) is 0 Å². The highest BCUT2D eigenvalue weighted by Crippen LogP contribution is 2.22. The van der Waals surface area contributed by atoms with Gasteiger partial charge < -0.3 is 4.98 Å². The normalized spacial score (nSPS) is 10.1. The first-order valence-corrected chi connectivity index (χ1v) is 4.71. The number of aromatic nitrogens is 1. The van der Waals surface area contributed by atoms with Gasteiger partial charge in [0.1, 0.15) is 0 Å². The molecule has 0 saturated carbocycles. The van der Waals surface area contributed by atoms with Crippen molar-refractivity contribution in [2.45, 2.75) is 13.3 Å². The van der Waals surface area contributed by atoms with E-state index in [0.717, 1.165) is 10.9 Å².